The summed E-state index contributed by atoms with van der Waals surface area (Å²) >= 11 is 1.51. The van der Waals surface area contributed by atoms with Gasteiger partial charge in [-0.1, -0.05) is 6.07 Å². The van der Waals surface area contributed by atoms with Crippen LogP contribution >= 0.6 is 11.3 Å². The van der Waals surface area contributed by atoms with Gasteiger partial charge in [-0.05, 0) is 23.6 Å². The minimum Gasteiger partial charge on any atom is -0.373 e. The highest BCUT2D eigenvalue weighted by molar-refractivity contribution is 7.89. The summed E-state index contributed by atoms with van der Waals surface area (Å²) < 4.78 is 26.5. The summed E-state index contributed by atoms with van der Waals surface area (Å²) in [7, 11) is -1.77. The molecule has 2 aromatic heterocycles. The number of pyridine rings is 1. The Labute approximate surface area is 110 Å². The molecule has 96 valence electrons. The number of nitrogens with one attached hydrogen (secondary N) is 2. The lowest BCUT2D eigenvalue weighted by molar-refractivity contribution is 0.581. The highest BCUT2D eigenvalue weighted by atomic mass is 32.2. The van der Waals surface area contributed by atoms with E-state index in [1.807, 2.05) is 17.5 Å². The van der Waals surface area contributed by atoms with E-state index in [1.165, 1.54) is 23.6 Å². The van der Waals surface area contributed by atoms with E-state index in [-0.39, 0.29) is 4.90 Å². The predicted octanol–water partition coefficient (Wildman–Crippen LogP) is 1.66. The zero-order valence-electron chi connectivity index (χ0n) is 9.75. The first kappa shape index (κ1) is 13.0. The van der Waals surface area contributed by atoms with E-state index < -0.39 is 10.0 Å². The Morgan fingerprint density at radius 3 is 2.72 bits per heavy atom. The summed E-state index contributed by atoms with van der Waals surface area (Å²) in [5.74, 6) is 0.632. The molecule has 0 atom stereocenters. The lowest BCUT2D eigenvalue weighted by Gasteiger charge is -2.06. The van der Waals surface area contributed by atoms with Crippen LogP contribution in [-0.4, -0.2) is 20.4 Å². The van der Waals surface area contributed by atoms with Gasteiger partial charge in [0.1, 0.15) is 10.7 Å². The SMILES string of the molecule is CNc1ccc(S(=O)(=O)NCc2cccs2)cn1. The number of anilines is 1. The van der Waals surface area contributed by atoms with Gasteiger partial charge in [-0.25, -0.2) is 18.1 Å². The van der Waals surface area contributed by atoms with Crippen LogP contribution in [0.25, 0.3) is 0 Å². The first-order valence-corrected chi connectivity index (χ1v) is 7.64. The van der Waals surface area contributed by atoms with E-state index in [0.29, 0.717) is 12.4 Å². The van der Waals surface area contributed by atoms with Crippen molar-refractivity contribution in [3.8, 4) is 0 Å². The van der Waals surface area contributed by atoms with Crippen molar-refractivity contribution < 1.29 is 8.42 Å². The van der Waals surface area contributed by atoms with E-state index in [2.05, 4.69) is 15.0 Å². The van der Waals surface area contributed by atoms with Crippen molar-refractivity contribution in [1.29, 1.82) is 0 Å². The zero-order chi connectivity index (χ0) is 13.0. The second-order valence-electron chi connectivity index (χ2n) is 3.53. The lowest BCUT2D eigenvalue weighted by Crippen LogP contribution is -2.22. The van der Waals surface area contributed by atoms with Crippen LogP contribution in [-0.2, 0) is 16.6 Å². The van der Waals surface area contributed by atoms with Crippen LogP contribution in [0.1, 0.15) is 4.88 Å². The normalized spacial score (nSPS) is 11.4. The monoisotopic (exact) mass is 283 g/mol. The quantitative estimate of drug-likeness (QED) is 0.875. The maximum Gasteiger partial charge on any atom is 0.242 e. The minimum absolute atomic E-state index is 0.165. The fourth-order valence-corrected chi connectivity index (χ4v) is 3.04. The molecule has 18 heavy (non-hydrogen) atoms. The van der Waals surface area contributed by atoms with Gasteiger partial charge in [-0.3, -0.25) is 0 Å². The van der Waals surface area contributed by atoms with Crippen molar-refractivity contribution in [1.82, 2.24) is 9.71 Å². The Kier molecular flexibility index (Phi) is 3.95. The summed E-state index contributed by atoms with van der Waals surface area (Å²) in [6.45, 7) is 0.299. The lowest BCUT2D eigenvalue weighted by atomic mass is 10.5. The van der Waals surface area contributed by atoms with Gasteiger partial charge in [-0.2, -0.15) is 0 Å². The third kappa shape index (κ3) is 3.06. The largest absolute Gasteiger partial charge is 0.373 e. The number of rotatable bonds is 5. The van der Waals surface area contributed by atoms with Crippen LogP contribution in [0, 0.1) is 0 Å². The Morgan fingerprint density at radius 1 is 1.33 bits per heavy atom. The topological polar surface area (TPSA) is 71.1 Å². The molecule has 0 aromatic carbocycles. The molecule has 2 heterocycles. The van der Waals surface area contributed by atoms with Crippen molar-refractivity contribution in [2.75, 3.05) is 12.4 Å². The molecule has 0 saturated carbocycles. The predicted molar refractivity (Wildman–Crippen MR) is 72.1 cm³/mol. The number of hydrogen-bond donors (Lipinski definition) is 2. The van der Waals surface area contributed by atoms with E-state index in [1.54, 1.807) is 13.1 Å². The van der Waals surface area contributed by atoms with Gasteiger partial charge in [0.15, 0.2) is 0 Å². The average molecular weight is 283 g/mol. The van der Waals surface area contributed by atoms with Crippen molar-refractivity contribution in [2.24, 2.45) is 0 Å². The smallest absolute Gasteiger partial charge is 0.242 e. The van der Waals surface area contributed by atoms with Gasteiger partial charge in [0.2, 0.25) is 10.0 Å². The number of aromatic nitrogens is 1. The van der Waals surface area contributed by atoms with E-state index in [0.717, 1.165) is 4.88 Å². The van der Waals surface area contributed by atoms with Crippen LogP contribution in [0.5, 0.6) is 0 Å². The number of nitrogens with zero attached hydrogens (tertiary/aromatic N) is 1. The van der Waals surface area contributed by atoms with Crippen LogP contribution < -0.4 is 10.0 Å². The molecule has 2 rings (SSSR count). The van der Waals surface area contributed by atoms with Crippen LogP contribution in [0.4, 0.5) is 5.82 Å². The molecule has 2 N–H and O–H groups in total. The number of hydrogen-bond acceptors (Lipinski definition) is 5. The van der Waals surface area contributed by atoms with E-state index >= 15 is 0 Å². The molecule has 0 aliphatic heterocycles. The fraction of sp³-hybridized carbons (Fsp3) is 0.182. The Hall–Kier alpha value is -1.44. The average Bonchev–Trinajstić information content (AvgIpc) is 2.90. The summed E-state index contributed by atoms with van der Waals surface area (Å²) in [4.78, 5) is 5.12. The Balaban J connectivity index is 2.09. The highest BCUT2D eigenvalue weighted by Crippen LogP contribution is 2.12. The molecular weight excluding hydrogens is 270 g/mol. The molecule has 0 aliphatic carbocycles. The number of sulfonamides is 1. The second kappa shape index (κ2) is 5.47. The second-order valence-corrected chi connectivity index (χ2v) is 6.33. The summed E-state index contributed by atoms with van der Waals surface area (Å²) in [5, 5.41) is 4.74. The molecule has 7 heteroatoms. The maximum absolute atomic E-state index is 12.0. The molecule has 2 aromatic rings. The molecule has 0 bridgehead atoms. The van der Waals surface area contributed by atoms with Gasteiger partial charge < -0.3 is 5.32 Å². The maximum atomic E-state index is 12.0. The van der Waals surface area contributed by atoms with Crippen molar-refractivity contribution in [3.05, 3.63) is 40.7 Å². The van der Waals surface area contributed by atoms with Crippen LogP contribution in [0.2, 0.25) is 0 Å². The zero-order valence-corrected chi connectivity index (χ0v) is 11.4. The van der Waals surface area contributed by atoms with Gasteiger partial charge >= 0.3 is 0 Å². The Bertz CT molecular complexity index is 592. The molecule has 0 saturated heterocycles. The van der Waals surface area contributed by atoms with E-state index in [9.17, 15) is 8.42 Å². The first-order chi connectivity index (χ1) is 8.62. The van der Waals surface area contributed by atoms with Crippen molar-refractivity contribution in [2.45, 2.75) is 11.4 Å². The molecule has 0 spiro atoms. The van der Waals surface area contributed by atoms with Crippen molar-refractivity contribution in [3.63, 3.8) is 0 Å². The standard InChI is InChI=1S/C11H13N3O2S2/c1-12-11-5-4-10(8-13-11)18(15,16)14-7-9-3-2-6-17-9/h2-6,8,14H,7H2,1H3,(H,12,13). The molecule has 0 amide bonds. The fourth-order valence-electron chi connectivity index (χ4n) is 1.35. The van der Waals surface area contributed by atoms with Gasteiger partial charge in [0.25, 0.3) is 0 Å². The summed E-state index contributed by atoms with van der Waals surface area (Å²) in [6, 6.07) is 6.92. The van der Waals surface area contributed by atoms with Crippen molar-refractivity contribution >= 4 is 27.2 Å². The third-order valence-electron chi connectivity index (χ3n) is 2.32. The van der Waals surface area contributed by atoms with Gasteiger partial charge in [0, 0.05) is 24.7 Å². The Morgan fingerprint density at radius 2 is 2.17 bits per heavy atom. The molecule has 0 radical (unpaired) electrons. The molecule has 0 unspecified atom stereocenters. The molecule has 5 nitrogen and oxygen atoms in total. The minimum atomic E-state index is -3.49. The van der Waals surface area contributed by atoms with Gasteiger partial charge in [-0.15, -0.1) is 11.3 Å². The first-order valence-electron chi connectivity index (χ1n) is 5.28. The number of thiophene rings is 1. The van der Waals surface area contributed by atoms with Crippen LogP contribution in [0.15, 0.2) is 40.7 Å². The molecular formula is C11H13N3O2S2. The van der Waals surface area contributed by atoms with Crippen LogP contribution in [0.3, 0.4) is 0 Å². The van der Waals surface area contributed by atoms with E-state index in [4.69, 9.17) is 0 Å². The highest BCUT2D eigenvalue weighted by Gasteiger charge is 2.14. The third-order valence-corrected chi connectivity index (χ3v) is 4.58. The summed E-state index contributed by atoms with van der Waals surface area (Å²) in [5.41, 5.74) is 0. The molecule has 0 aliphatic rings. The van der Waals surface area contributed by atoms with Gasteiger partial charge in [0.05, 0.1) is 0 Å². The summed E-state index contributed by atoms with van der Waals surface area (Å²) in [6.07, 6.45) is 1.34. The molecule has 0 fully saturated rings.